The highest BCUT2D eigenvalue weighted by Gasteiger charge is 2.28. The standard InChI is InChI=1S/C26H37ClN6O2/c1-6-32(20-9-7-19(8-10-20)31(4)5)23-12-18(27)11-21(16(23)2)26(35)28-14-22-17(3)33-25(13-24(22)34)29-15-30-33/h11-13,15,19-20,26,28,35H,6-10,14H2,1-5H3,(H,29,30)/t19-,20-,26?. The Labute approximate surface area is 211 Å². The van der Waals surface area contributed by atoms with E-state index in [0.29, 0.717) is 28.3 Å². The molecule has 0 bridgehead atoms. The van der Waals surface area contributed by atoms with Crippen LogP contribution in [0.5, 0.6) is 0 Å². The molecule has 8 nitrogen and oxygen atoms in total. The van der Waals surface area contributed by atoms with Crippen molar-refractivity contribution in [2.45, 2.75) is 71.3 Å². The molecule has 3 aromatic rings. The van der Waals surface area contributed by atoms with E-state index in [2.05, 4.69) is 46.2 Å². The molecular weight excluding hydrogens is 464 g/mol. The Hall–Kier alpha value is -2.39. The number of aryl methyl sites for hydroxylation is 1. The van der Waals surface area contributed by atoms with Crippen LogP contribution in [0.1, 0.15) is 61.2 Å². The zero-order chi connectivity index (χ0) is 25.3. The first-order valence-corrected chi connectivity index (χ1v) is 12.8. The topological polar surface area (TPSA) is 88.9 Å². The van der Waals surface area contributed by atoms with Crippen LogP contribution in [0.15, 0.2) is 29.3 Å². The lowest BCUT2D eigenvalue weighted by Crippen LogP contribution is -2.42. The summed E-state index contributed by atoms with van der Waals surface area (Å²) in [7, 11) is 4.32. The molecule has 0 radical (unpaired) electrons. The Kier molecular flexibility index (Phi) is 7.86. The van der Waals surface area contributed by atoms with Gasteiger partial charge in [-0.3, -0.25) is 15.2 Å². The van der Waals surface area contributed by atoms with Crippen molar-refractivity contribution in [3.05, 3.63) is 62.2 Å². The summed E-state index contributed by atoms with van der Waals surface area (Å²) in [6.45, 7) is 7.18. The van der Waals surface area contributed by atoms with E-state index in [9.17, 15) is 9.90 Å². The lowest BCUT2D eigenvalue weighted by atomic mass is 9.88. The maximum atomic E-state index is 12.6. The second kappa shape index (κ2) is 10.7. The minimum absolute atomic E-state index is 0.108. The summed E-state index contributed by atoms with van der Waals surface area (Å²) in [4.78, 5) is 21.5. The van der Waals surface area contributed by atoms with E-state index in [1.165, 1.54) is 18.9 Å². The van der Waals surface area contributed by atoms with Crippen LogP contribution in [0, 0.1) is 13.8 Å². The van der Waals surface area contributed by atoms with Crippen LogP contribution in [0.25, 0.3) is 5.65 Å². The highest BCUT2D eigenvalue weighted by Crippen LogP contribution is 2.35. The number of nitrogens with zero attached hydrogens (tertiary/aromatic N) is 4. The number of halogens is 1. The van der Waals surface area contributed by atoms with Crippen molar-refractivity contribution < 1.29 is 5.11 Å². The van der Waals surface area contributed by atoms with Gasteiger partial charge in [0.15, 0.2) is 11.1 Å². The van der Waals surface area contributed by atoms with Gasteiger partial charge in [0, 0.05) is 58.8 Å². The quantitative estimate of drug-likeness (QED) is 0.408. The van der Waals surface area contributed by atoms with Crippen molar-refractivity contribution in [1.82, 2.24) is 24.8 Å². The summed E-state index contributed by atoms with van der Waals surface area (Å²) in [5.74, 6) is 0. The first kappa shape index (κ1) is 25.7. The molecule has 1 atom stereocenters. The highest BCUT2D eigenvalue weighted by molar-refractivity contribution is 6.31. The predicted molar refractivity (Wildman–Crippen MR) is 141 cm³/mol. The average molecular weight is 501 g/mol. The van der Waals surface area contributed by atoms with Gasteiger partial charge in [-0.05, 0) is 78.2 Å². The van der Waals surface area contributed by atoms with Crippen molar-refractivity contribution in [3.8, 4) is 0 Å². The van der Waals surface area contributed by atoms with Crippen molar-refractivity contribution in [2.24, 2.45) is 0 Å². The molecule has 4 rings (SSSR count). The maximum Gasteiger partial charge on any atom is 0.188 e. The van der Waals surface area contributed by atoms with Gasteiger partial charge in [0.05, 0.1) is 0 Å². The number of fused-ring (bicyclic) bond motifs is 1. The van der Waals surface area contributed by atoms with Gasteiger partial charge in [-0.15, -0.1) is 0 Å². The van der Waals surface area contributed by atoms with E-state index in [-0.39, 0.29) is 12.0 Å². The molecule has 35 heavy (non-hydrogen) atoms. The average Bonchev–Trinajstić information content (AvgIpc) is 3.30. The van der Waals surface area contributed by atoms with Gasteiger partial charge in [0.25, 0.3) is 0 Å². The van der Waals surface area contributed by atoms with Crippen LogP contribution in [0.2, 0.25) is 5.02 Å². The SMILES string of the molecule is CCN(c1cc(Cl)cc(C(O)NCc2c(C)n3[nH]cnc3cc2=O)c1C)[C@H]1CC[C@H](N(C)C)CC1. The van der Waals surface area contributed by atoms with Crippen LogP contribution in [-0.2, 0) is 6.54 Å². The number of H-pyrrole nitrogens is 1. The maximum absolute atomic E-state index is 12.6. The summed E-state index contributed by atoms with van der Waals surface area (Å²) in [5.41, 5.74) is 4.61. The molecule has 1 saturated carbocycles. The van der Waals surface area contributed by atoms with E-state index in [4.69, 9.17) is 11.6 Å². The summed E-state index contributed by atoms with van der Waals surface area (Å²) < 4.78 is 1.76. The number of aliphatic hydroxyl groups is 1. The number of hydrogen-bond acceptors (Lipinski definition) is 6. The number of hydrogen-bond donors (Lipinski definition) is 3. The van der Waals surface area contributed by atoms with Gasteiger partial charge in [-0.1, -0.05) is 11.6 Å². The third-order valence-corrected chi connectivity index (χ3v) is 7.80. The molecule has 1 aliphatic rings. The summed E-state index contributed by atoms with van der Waals surface area (Å²) >= 11 is 6.55. The number of aliphatic hydroxyl groups excluding tert-OH is 1. The lowest BCUT2D eigenvalue weighted by molar-refractivity contribution is 0.136. The molecule has 3 N–H and O–H groups in total. The molecule has 2 heterocycles. The minimum Gasteiger partial charge on any atom is -0.374 e. The molecule has 1 aromatic carbocycles. The van der Waals surface area contributed by atoms with Crippen molar-refractivity contribution in [1.29, 1.82) is 0 Å². The van der Waals surface area contributed by atoms with Gasteiger partial charge in [-0.25, -0.2) is 9.50 Å². The highest BCUT2D eigenvalue weighted by atomic mass is 35.5. The molecule has 2 aromatic heterocycles. The van der Waals surface area contributed by atoms with Gasteiger partial charge >= 0.3 is 0 Å². The Morgan fingerprint density at radius 3 is 2.54 bits per heavy atom. The molecule has 0 amide bonds. The Balaban J connectivity index is 1.55. The van der Waals surface area contributed by atoms with Gasteiger partial charge in [0.2, 0.25) is 0 Å². The first-order valence-electron chi connectivity index (χ1n) is 12.4. The number of benzene rings is 1. The molecule has 190 valence electrons. The normalized spacial score (nSPS) is 19.4. The van der Waals surface area contributed by atoms with Crippen LogP contribution in [-0.4, -0.2) is 57.3 Å². The number of nitrogens with one attached hydrogen (secondary N) is 2. The van der Waals surface area contributed by atoms with Crippen LogP contribution < -0.4 is 15.6 Å². The molecule has 1 fully saturated rings. The smallest absolute Gasteiger partial charge is 0.188 e. The van der Waals surface area contributed by atoms with E-state index >= 15 is 0 Å². The fraction of sp³-hybridized carbons (Fsp3) is 0.538. The fourth-order valence-electron chi connectivity index (χ4n) is 5.47. The largest absolute Gasteiger partial charge is 0.374 e. The fourth-order valence-corrected chi connectivity index (χ4v) is 5.69. The summed E-state index contributed by atoms with van der Waals surface area (Å²) in [6, 6.07) is 6.42. The summed E-state index contributed by atoms with van der Waals surface area (Å²) in [5, 5.41) is 17.8. The second-order valence-electron chi connectivity index (χ2n) is 9.79. The number of aromatic amines is 1. The van der Waals surface area contributed by atoms with E-state index < -0.39 is 6.23 Å². The summed E-state index contributed by atoms with van der Waals surface area (Å²) in [6.07, 6.45) is 5.23. The number of anilines is 1. The Morgan fingerprint density at radius 1 is 1.20 bits per heavy atom. The molecule has 0 aliphatic heterocycles. The third-order valence-electron chi connectivity index (χ3n) is 7.58. The van der Waals surface area contributed by atoms with Crippen molar-refractivity contribution >= 4 is 22.9 Å². The second-order valence-corrected chi connectivity index (χ2v) is 10.2. The van der Waals surface area contributed by atoms with Gasteiger partial charge < -0.3 is 14.9 Å². The van der Waals surface area contributed by atoms with Crippen molar-refractivity contribution in [3.63, 3.8) is 0 Å². The molecule has 1 aliphatic carbocycles. The Morgan fingerprint density at radius 2 is 1.89 bits per heavy atom. The lowest BCUT2D eigenvalue weighted by Gasteiger charge is -2.40. The minimum atomic E-state index is -0.961. The van der Waals surface area contributed by atoms with E-state index in [1.54, 1.807) is 10.8 Å². The number of aromatic nitrogens is 3. The monoisotopic (exact) mass is 500 g/mol. The molecular formula is C26H37ClN6O2. The van der Waals surface area contributed by atoms with Crippen LogP contribution >= 0.6 is 11.6 Å². The van der Waals surface area contributed by atoms with Gasteiger partial charge in [0.1, 0.15) is 12.6 Å². The third kappa shape index (κ3) is 5.26. The molecule has 1 unspecified atom stereocenters. The zero-order valence-corrected chi connectivity index (χ0v) is 22.1. The predicted octanol–water partition coefficient (Wildman–Crippen LogP) is 3.77. The molecule has 0 saturated heterocycles. The van der Waals surface area contributed by atoms with E-state index in [1.807, 2.05) is 26.0 Å². The molecule has 0 spiro atoms. The molecule has 9 heteroatoms. The Bertz CT molecular complexity index is 1230. The number of pyridine rings is 1. The van der Waals surface area contributed by atoms with Gasteiger partial charge in [-0.2, -0.15) is 0 Å². The number of rotatable bonds is 8. The van der Waals surface area contributed by atoms with E-state index in [0.717, 1.165) is 41.9 Å². The van der Waals surface area contributed by atoms with Crippen LogP contribution in [0.4, 0.5) is 5.69 Å². The first-order chi connectivity index (χ1) is 16.7. The van der Waals surface area contributed by atoms with Crippen molar-refractivity contribution in [2.75, 3.05) is 25.5 Å². The van der Waals surface area contributed by atoms with Crippen LogP contribution in [0.3, 0.4) is 0 Å². The zero-order valence-electron chi connectivity index (χ0n) is 21.3.